The van der Waals surface area contributed by atoms with Gasteiger partial charge in [0.15, 0.2) is 0 Å². The monoisotopic (exact) mass is 286 g/mol. The first-order valence-electron chi connectivity index (χ1n) is 7.11. The van der Waals surface area contributed by atoms with E-state index in [1.165, 1.54) is 0 Å². The van der Waals surface area contributed by atoms with Gasteiger partial charge in [-0.3, -0.25) is 0 Å². The molecule has 0 saturated heterocycles. The van der Waals surface area contributed by atoms with Crippen molar-refractivity contribution in [2.24, 2.45) is 0 Å². The van der Waals surface area contributed by atoms with Crippen LogP contribution in [0.4, 0.5) is 11.5 Å². The number of hydrogen-bond acceptors (Lipinski definition) is 3. The van der Waals surface area contributed by atoms with E-state index in [-0.39, 0.29) is 0 Å². The van der Waals surface area contributed by atoms with Gasteiger partial charge in [0, 0.05) is 17.4 Å². The average Bonchev–Trinajstić information content (AvgIpc) is 3.02. The predicted molar refractivity (Wildman–Crippen MR) is 89.0 cm³/mol. The summed E-state index contributed by atoms with van der Waals surface area (Å²) in [6.07, 6.45) is 3.55. The molecule has 2 aromatic carbocycles. The lowest BCUT2D eigenvalue weighted by molar-refractivity contribution is 1.20. The van der Waals surface area contributed by atoms with Gasteiger partial charge < -0.3 is 10.3 Å². The average molecular weight is 286 g/mol. The number of benzene rings is 2. The number of anilines is 2. The Bertz CT molecular complexity index is 898. The van der Waals surface area contributed by atoms with Gasteiger partial charge in [0.25, 0.3) is 0 Å². The van der Waals surface area contributed by atoms with Crippen LogP contribution in [0.3, 0.4) is 0 Å². The number of nitrogens with zero attached hydrogens (tertiary/aromatic N) is 2. The molecular formula is C18H14N4. The van der Waals surface area contributed by atoms with E-state index >= 15 is 0 Å². The molecule has 2 aromatic heterocycles. The van der Waals surface area contributed by atoms with E-state index in [9.17, 15) is 0 Å². The highest BCUT2D eigenvalue weighted by molar-refractivity contribution is 6.01. The highest BCUT2D eigenvalue weighted by Crippen LogP contribution is 2.32. The summed E-state index contributed by atoms with van der Waals surface area (Å²) in [5, 5.41) is 4.37. The molecule has 2 N–H and O–H groups in total. The maximum atomic E-state index is 4.42. The van der Waals surface area contributed by atoms with Crippen molar-refractivity contribution < 1.29 is 0 Å². The molecule has 2 heterocycles. The van der Waals surface area contributed by atoms with Gasteiger partial charge in [0.1, 0.15) is 17.8 Å². The Morgan fingerprint density at radius 2 is 1.55 bits per heavy atom. The van der Waals surface area contributed by atoms with E-state index in [4.69, 9.17) is 0 Å². The SMILES string of the molecule is c1ccc(Nc2ncnc3[nH]cc(-c4ccccc4)c23)cc1. The van der Waals surface area contributed by atoms with Crippen LogP contribution in [0.25, 0.3) is 22.2 Å². The van der Waals surface area contributed by atoms with E-state index in [1.807, 2.05) is 54.7 Å². The molecule has 0 atom stereocenters. The molecule has 0 bridgehead atoms. The Morgan fingerprint density at radius 3 is 2.32 bits per heavy atom. The Balaban J connectivity index is 1.87. The first-order valence-corrected chi connectivity index (χ1v) is 7.11. The lowest BCUT2D eigenvalue weighted by Gasteiger charge is -2.08. The first kappa shape index (κ1) is 12.6. The van der Waals surface area contributed by atoms with Gasteiger partial charge in [0.05, 0.1) is 5.39 Å². The molecule has 4 aromatic rings. The highest BCUT2D eigenvalue weighted by Gasteiger charge is 2.12. The smallest absolute Gasteiger partial charge is 0.143 e. The standard InChI is InChI=1S/C18H14N4/c1-3-7-13(8-4-1)15-11-19-17-16(15)18(21-12-20-17)22-14-9-5-2-6-10-14/h1-12H,(H2,19,20,21,22). The second-order valence-electron chi connectivity index (χ2n) is 5.01. The lowest BCUT2D eigenvalue weighted by atomic mass is 10.1. The fourth-order valence-electron chi connectivity index (χ4n) is 2.56. The summed E-state index contributed by atoms with van der Waals surface area (Å²) in [6, 6.07) is 20.3. The molecule has 0 aliphatic heterocycles. The van der Waals surface area contributed by atoms with Crippen LogP contribution in [0.5, 0.6) is 0 Å². The Labute approximate surface area is 127 Å². The van der Waals surface area contributed by atoms with Gasteiger partial charge >= 0.3 is 0 Å². The zero-order chi connectivity index (χ0) is 14.8. The number of aromatic amines is 1. The van der Waals surface area contributed by atoms with Crippen LogP contribution in [0.15, 0.2) is 73.2 Å². The molecule has 22 heavy (non-hydrogen) atoms. The van der Waals surface area contributed by atoms with Crippen LogP contribution in [0, 0.1) is 0 Å². The molecule has 0 aliphatic rings. The van der Waals surface area contributed by atoms with E-state index in [1.54, 1.807) is 6.33 Å². The molecule has 4 nitrogen and oxygen atoms in total. The van der Waals surface area contributed by atoms with E-state index < -0.39 is 0 Å². The number of rotatable bonds is 3. The van der Waals surface area contributed by atoms with Crippen LogP contribution in [0.1, 0.15) is 0 Å². The molecule has 106 valence electrons. The molecule has 4 heteroatoms. The van der Waals surface area contributed by atoms with Crippen LogP contribution in [-0.4, -0.2) is 15.0 Å². The molecule has 0 fully saturated rings. The third kappa shape index (κ3) is 2.20. The maximum Gasteiger partial charge on any atom is 0.143 e. The van der Waals surface area contributed by atoms with Crippen molar-refractivity contribution >= 4 is 22.5 Å². The summed E-state index contributed by atoms with van der Waals surface area (Å²) in [5.74, 6) is 0.802. The van der Waals surface area contributed by atoms with Crippen LogP contribution >= 0.6 is 0 Å². The summed E-state index contributed by atoms with van der Waals surface area (Å²) >= 11 is 0. The Morgan fingerprint density at radius 1 is 0.818 bits per heavy atom. The van der Waals surface area contributed by atoms with Crippen LogP contribution < -0.4 is 5.32 Å². The van der Waals surface area contributed by atoms with Crippen molar-refractivity contribution in [3.63, 3.8) is 0 Å². The summed E-state index contributed by atoms with van der Waals surface area (Å²) in [4.78, 5) is 12.0. The molecular weight excluding hydrogens is 272 g/mol. The molecule has 0 spiro atoms. The van der Waals surface area contributed by atoms with Gasteiger partial charge in [-0.2, -0.15) is 0 Å². The number of para-hydroxylation sites is 1. The lowest BCUT2D eigenvalue weighted by Crippen LogP contribution is -1.95. The number of H-pyrrole nitrogens is 1. The third-order valence-electron chi connectivity index (χ3n) is 3.59. The van der Waals surface area contributed by atoms with Crippen molar-refractivity contribution in [3.05, 3.63) is 73.2 Å². The van der Waals surface area contributed by atoms with Crippen molar-refractivity contribution in [2.75, 3.05) is 5.32 Å². The van der Waals surface area contributed by atoms with E-state index in [2.05, 4.69) is 32.4 Å². The first-order chi connectivity index (χ1) is 10.9. The molecule has 0 radical (unpaired) electrons. The number of hydrogen-bond donors (Lipinski definition) is 2. The Hall–Kier alpha value is -3.14. The molecule has 0 unspecified atom stereocenters. The van der Waals surface area contributed by atoms with Crippen molar-refractivity contribution in [1.82, 2.24) is 15.0 Å². The minimum Gasteiger partial charge on any atom is -0.345 e. The molecule has 0 amide bonds. The normalized spacial score (nSPS) is 10.7. The van der Waals surface area contributed by atoms with Gasteiger partial charge in [-0.1, -0.05) is 48.5 Å². The van der Waals surface area contributed by atoms with Crippen molar-refractivity contribution in [3.8, 4) is 11.1 Å². The second kappa shape index (κ2) is 5.33. The largest absolute Gasteiger partial charge is 0.345 e. The molecule has 0 aliphatic carbocycles. The number of nitrogens with one attached hydrogen (secondary N) is 2. The number of fused-ring (bicyclic) bond motifs is 1. The fraction of sp³-hybridized carbons (Fsp3) is 0. The van der Waals surface area contributed by atoms with Crippen LogP contribution in [0.2, 0.25) is 0 Å². The predicted octanol–water partition coefficient (Wildman–Crippen LogP) is 4.37. The van der Waals surface area contributed by atoms with Gasteiger partial charge in [-0.15, -0.1) is 0 Å². The minimum absolute atomic E-state index is 0.802. The van der Waals surface area contributed by atoms with E-state index in [0.717, 1.165) is 33.7 Å². The molecule has 0 saturated carbocycles. The second-order valence-corrected chi connectivity index (χ2v) is 5.01. The summed E-state index contributed by atoms with van der Waals surface area (Å²) < 4.78 is 0. The summed E-state index contributed by atoms with van der Waals surface area (Å²) in [6.45, 7) is 0. The maximum absolute atomic E-state index is 4.42. The third-order valence-corrected chi connectivity index (χ3v) is 3.59. The minimum atomic E-state index is 0.802. The van der Waals surface area contributed by atoms with Crippen LogP contribution in [-0.2, 0) is 0 Å². The zero-order valence-electron chi connectivity index (χ0n) is 11.8. The van der Waals surface area contributed by atoms with E-state index in [0.29, 0.717) is 0 Å². The topological polar surface area (TPSA) is 53.6 Å². The highest BCUT2D eigenvalue weighted by atomic mass is 15.0. The molecule has 4 rings (SSSR count). The fourth-order valence-corrected chi connectivity index (χ4v) is 2.56. The van der Waals surface area contributed by atoms with Gasteiger partial charge in [-0.25, -0.2) is 9.97 Å². The van der Waals surface area contributed by atoms with Crippen molar-refractivity contribution in [2.45, 2.75) is 0 Å². The Kier molecular flexibility index (Phi) is 3.05. The summed E-state index contributed by atoms with van der Waals surface area (Å²) in [5.41, 5.74) is 4.06. The van der Waals surface area contributed by atoms with Gasteiger partial charge in [-0.05, 0) is 17.7 Å². The number of aromatic nitrogens is 3. The summed E-state index contributed by atoms with van der Waals surface area (Å²) in [7, 11) is 0. The van der Waals surface area contributed by atoms with Crippen molar-refractivity contribution in [1.29, 1.82) is 0 Å². The zero-order valence-corrected chi connectivity index (χ0v) is 11.8. The van der Waals surface area contributed by atoms with Gasteiger partial charge in [0.2, 0.25) is 0 Å². The quantitative estimate of drug-likeness (QED) is 0.588.